The SMILES string of the molecule is CN1C(=O)/C(=C\c2ccn(C)c2)SC1=Nc1ccccc1. The first-order valence-corrected chi connectivity index (χ1v) is 7.38. The Morgan fingerprint density at radius 3 is 2.57 bits per heavy atom. The van der Waals surface area contributed by atoms with Crippen LogP contribution in [0.2, 0.25) is 0 Å². The fraction of sp³-hybridized carbons (Fsp3) is 0.125. The summed E-state index contributed by atoms with van der Waals surface area (Å²) < 4.78 is 1.96. The number of para-hydroxylation sites is 1. The monoisotopic (exact) mass is 297 g/mol. The second-order valence-corrected chi connectivity index (χ2v) is 5.82. The van der Waals surface area contributed by atoms with Crippen LogP contribution in [0.5, 0.6) is 0 Å². The van der Waals surface area contributed by atoms with E-state index in [-0.39, 0.29) is 5.91 Å². The molecule has 1 aromatic heterocycles. The molecule has 1 aliphatic rings. The van der Waals surface area contributed by atoms with Crippen molar-refractivity contribution in [1.29, 1.82) is 0 Å². The summed E-state index contributed by atoms with van der Waals surface area (Å²) in [6, 6.07) is 11.6. The van der Waals surface area contributed by atoms with Crippen molar-refractivity contribution in [1.82, 2.24) is 9.47 Å². The molecule has 1 amide bonds. The van der Waals surface area contributed by atoms with Crippen LogP contribution in [-0.2, 0) is 11.8 Å². The van der Waals surface area contributed by atoms with Crippen LogP contribution < -0.4 is 0 Å². The van der Waals surface area contributed by atoms with Crippen LogP contribution in [-0.4, -0.2) is 27.6 Å². The standard InChI is InChI=1S/C16H15N3OS/c1-18-9-8-12(11-18)10-14-15(20)19(2)16(21-14)17-13-6-4-3-5-7-13/h3-11H,1-2H3/b14-10+,17-16?. The molecule has 0 radical (unpaired) electrons. The number of amidine groups is 1. The predicted molar refractivity (Wildman–Crippen MR) is 87.3 cm³/mol. The van der Waals surface area contributed by atoms with E-state index in [1.807, 2.05) is 66.5 Å². The highest BCUT2D eigenvalue weighted by atomic mass is 32.2. The van der Waals surface area contributed by atoms with Crippen molar-refractivity contribution < 1.29 is 4.79 Å². The van der Waals surface area contributed by atoms with Gasteiger partial charge in [-0.05, 0) is 41.6 Å². The van der Waals surface area contributed by atoms with E-state index in [1.165, 1.54) is 11.8 Å². The summed E-state index contributed by atoms with van der Waals surface area (Å²) in [5, 5.41) is 0.702. The number of thioether (sulfide) groups is 1. The van der Waals surface area contributed by atoms with Gasteiger partial charge in [0, 0.05) is 26.5 Å². The Kier molecular flexibility index (Phi) is 3.66. The number of rotatable bonds is 2. The summed E-state index contributed by atoms with van der Waals surface area (Å²) in [5.74, 6) is -0.0152. The Bertz CT molecular complexity index is 731. The molecule has 1 aliphatic heterocycles. The topological polar surface area (TPSA) is 37.6 Å². The number of aryl methyl sites for hydroxylation is 1. The molecule has 1 saturated heterocycles. The number of hydrogen-bond donors (Lipinski definition) is 0. The Morgan fingerprint density at radius 1 is 1.14 bits per heavy atom. The predicted octanol–water partition coefficient (Wildman–Crippen LogP) is 3.26. The molecular formula is C16H15N3OS. The average Bonchev–Trinajstić information content (AvgIpc) is 3.00. The number of nitrogens with zero attached hydrogens (tertiary/aromatic N) is 3. The first-order valence-electron chi connectivity index (χ1n) is 6.57. The van der Waals surface area contributed by atoms with Crippen LogP contribution in [0.25, 0.3) is 6.08 Å². The number of carbonyl (C=O) groups excluding carboxylic acids is 1. The zero-order valence-electron chi connectivity index (χ0n) is 11.9. The summed E-state index contributed by atoms with van der Waals surface area (Å²) in [5.41, 5.74) is 1.86. The van der Waals surface area contributed by atoms with E-state index in [2.05, 4.69) is 4.99 Å². The van der Waals surface area contributed by atoms with Crippen molar-refractivity contribution in [2.45, 2.75) is 0 Å². The van der Waals surface area contributed by atoms with Crippen LogP contribution in [0.15, 0.2) is 58.7 Å². The molecule has 0 saturated carbocycles. The highest BCUT2D eigenvalue weighted by Crippen LogP contribution is 2.32. The maximum atomic E-state index is 12.3. The van der Waals surface area contributed by atoms with Gasteiger partial charge >= 0.3 is 0 Å². The first-order chi connectivity index (χ1) is 10.1. The molecule has 21 heavy (non-hydrogen) atoms. The van der Waals surface area contributed by atoms with Crippen molar-refractivity contribution in [2.75, 3.05) is 7.05 Å². The Hall–Kier alpha value is -2.27. The molecule has 0 unspecified atom stereocenters. The molecule has 0 spiro atoms. The van der Waals surface area contributed by atoms with Crippen LogP contribution in [0.1, 0.15) is 5.56 Å². The highest BCUT2D eigenvalue weighted by molar-refractivity contribution is 8.18. The smallest absolute Gasteiger partial charge is 0.266 e. The van der Waals surface area contributed by atoms with Gasteiger partial charge in [0.15, 0.2) is 5.17 Å². The molecule has 0 atom stereocenters. The maximum absolute atomic E-state index is 12.3. The summed E-state index contributed by atoms with van der Waals surface area (Å²) in [6.07, 6.45) is 5.84. The summed E-state index contributed by atoms with van der Waals surface area (Å²) in [7, 11) is 3.71. The van der Waals surface area contributed by atoms with Crippen molar-refractivity contribution in [3.63, 3.8) is 0 Å². The number of aromatic nitrogens is 1. The van der Waals surface area contributed by atoms with Gasteiger partial charge in [-0.1, -0.05) is 18.2 Å². The normalized spacial score (nSPS) is 19.0. The number of carbonyl (C=O) groups is 1. The summed E-state index contributed by atoms with van der Waals surface area (Å²) >= 11 is 1.40. The largest absolute Gasteiger partial charge is 0.357 e. The number of amides is 1. The molecule has 106 valence electrons. The minimum atomic E-state index is -0.0152. The van der Waals surface area contributed by atoms with Gasteiger partial charge in [0.1, 0.15) is 0 Å². The number of hydrogen-bond acceptors (Lipinski definition) is 3. The van der Waals surface area contributed by atoms with E-state index in [0.717, 1.165) is 11.3 Å². The minimum Gasteiger partial charge on any atom is -0.357 e. The van der Waals surface area contributed by atoms with Crippen molar-refractivity contribution in [2.24, 2.45) is 12.0 Å². The third-order valence-corrected chi connectivity index (χ3v) is 4.20. The van der Waals surface area contributed by atoms with Gasteiger partial charge in [0.25, 0.3) is 5.91 Å². The molecule has 2 aromatic rings. The lowest BCUT2D eigenvalue weighted by molar-refractivity contribution is -0.121. The van der Waals surface area contributed by atoms with Gasteiger partial charge in [-0.15, -0.1) is 0 Å². The lowest BCUT2D eigenvalue weighted by Gasteiger charge is -2.06. The van der Waals surface area contributed by atoms with Gasteiger partial charge in [-0.2, -0.15) is 0 Å². The van der Waals surface area contributed by atoms with E-state index < -0.39 is 0 Å². The quantitative estimate of drug-likeness (QED) is 0.798. The van der Waals surface area contributed by atoms with E-state index in [0.29, 0.717) is 10.1 Å². The van der Waals surface area contributed by atoms with Gasteiger partial charge < -0.3 is 4.57 Å². The maximum Gasteiger partial charge on any atom is 0.266 e. The van der Waals surface area contributed by atoms with Crippen molar-refractivity contribution in [3.8, 4) is 0 Å². The van der Waals surface area contributed by atoms with Crippen LogP contribution >= 0.6 is 11.8 Å². The fourth-order valence-corrected chi connectivity index (χ4v) is 3.01. The minimum absolute atomic E-state index is 0.0152. The molecule has 4 nitrogen and oxygen atoms in total. The summed E-state index contributed by atoms with van der Waals surface area (Å²) in [4.78, 5) is 19.1. The Morgan fingerprint density at radius 2 is 1.90 bits per heavy atom. The van der Waals surface area contributed by atoms with Gasteiger partial charge in [0.05, 0.1) is 10.6 Å². The van der Waals surface area contributed by atoms with E-state index in [1.54, 1.807) is 11.9 Å². The molecule has 2 heterocycles. The zero-order chi connectivity index (χ0) is 14.8. The average molecular weight is 297 g/mol. The molecule has 1 fully saturated rings. The number of benzene rings is 1. The summed E-state index contributed by atoms with van der Waals surface area (Å²) in [6.45, 7) is 0. The Labute approximate surface area is 127 Å². The number of likely N-dealkylation sites (N-methyl/N-ethyl adjacent to an activating group) is 1. The van der Waals surface area contributed by atoms with E-state index in [9.17, 15) is 4.79 Å². The molecule has 5 heteroatoms. The lowest BCUT2D eigenvalue weighted by atomic mass is 10.3. The van der Waals surface area contributed by atoms with Crippen LogP contribution in [0.4, 0.5) is 5.69 Å². The molecule has 0 N–H and O–H groups in total. The lowest BCUT2D eigenvalue weighted by Crippen LogP contribution is -2.23. The van der Waals surface area contributed by atoms with Gasteiger partial charge in [-0.3, -0.25) is 9.69 Å². The van der Waals surface area contributed by atoms with E-state index >= 15 is 0 Å². The molecular weight excluding hydrogens is 282 g/mol. The molecule has 3 rings (SSSR count). The third kappa shape index (κ3) is 2.92. The van der Waals surface area contributed by atoms with Crippen LogP contribution in [0, 0.1) is 0 Å². The highest BCUT2D eigenvalue weighted by Gasteiger charge is 2.30. The van der Waals surface area contributed by atoms with Gasteiger partial charge in [0.2, 0.25) is 0 Å². The molecule has 1 aromatic carbocycles. The molecule has 0 bridgehead atoms. The second-order valence-electron chi connectivity index (χ2n) is 4.82. The fourth-order valence-electron chi connectivity index (χ4n) is 2.03. The van der Waals surface area contributed by atoms with Crippen LogP contribution in [0.3, 0.4) is 0 Å². The second kappa shape index (κ2) is 5.61. The zero-order valence-corrected chi connectivity index (χ0v) is 12.7. The van der Waals surface area contributed by atoms with Gasteiger partial charge in [-0.25, -0.2) is 4.99 Å². The Balaban J connectivity index is 1.89. The number of aliphatic imine (C=N–C) groups is 1. The van der Waals surface area contributed by atoms with E-state index in [4.69, 9.17) is 0 Å². The van der Waals surface area contributed by atoms with Crippen molar-refractivity contribution >= 4 is 34.6 Å². The van der Waals surface area contributed by atoms with Crippen molar-refractivity contribution in [3.05, 3.63) is 59.3 Å². The molecule has 0 aliphatic carbocycles. The third-order valence-electron chi connectivity index (χ3n) is 3.14. The first kappa shape index (κ1) is 13.7.